The van der Waals surface area contributed by atoms with E-state index in [1.807, 2.05) is 17.0 Å². The number of amides is 1. The van der Waals surface area contributed by atoms with Gasteiger partial charge in [0.1, 0.15) is 5.58 Å². The van der Waals surface area contributed by atoms with Crippen molar-refractivity contribution >= 4 is 28.8 Å². The van der Waals surface area contributed by atoms with Crippen LogP contribution in [0.3, 0.4) is 0 Å². The summed E-state index contributed by atoms with van der Waals surface area (Å²) >= 11 is 1.75. The molecule has 0 radical (unpaired) electrons. The summed E-state index contributed by atoms with van der Waals surface area (Å²) in [6, 6.07) is 8.21. The van der Waals surface area contributed by atoms with E-state index in [9.17, 15) is 9.90 Å². The zero-order chi connectivity index (χ0) is 17.6. The molecule has 0 bridgehead atoms. The topological polar surface area (TPSA) is 56.9 Å². The van der Waals surface area contributed by atoms with E-state index in [0.29, 0.717) is 13.1 Å². The number of aliphatic hydroxyl groups is 1. The Morgan fingerprint density at radius 3 is 2.60 bits per heavy atom. The van der Waals surface area contributed by atoms with E-state index < -0.39 is 5.41 Å². The standard InChI is InChI=1S/C19H22N2O3S/c1-19(2,12-22)18(23)20-8-14-10-21(11-15(14)9-20)25-16-3-4-17-13(7-16)5-6-24-17/h3-7,22H,8-12H2,1-2H3. The van der Waals surface area contributed by atoms with E-state index in [1.165, 1.54) is 16.0 Å². The summed E-state index contributed by atoms with van der Waals surface area (Å²) in [4.78, 5) is 15.6. The molecular weight excluding hydrogens is 336 g/mol. The Morgan fingerprint density at radius 1 is 1.20 bits per heavy atom. The van der Waals surface area contributed by atoms with Gasteiger partial charge in [0.05, 0.1) is 18.3 Å². The molecule has 0 atom stereocenters. The summed E-state index contributed by atoms with van der Waals surface area (Å²) in [5, 5.41) is 10.5. The Balaban J connectivity index is 1.37. The van der Waals surface area contributed by atoms with E-state index in [-0.39, 0.29) is 12.5 Å². The molecule has 0 aliphatic carbocycles. The molecule has 1 aromatic heterocycles. The lowest BCUT2D eigenvalue weighted by Gasteiger charge is -2.29. The molecule has 0 fully saturated rings. The first-order valence-corrected chi connectivity index (χ1v) is 9.24. The van der Waals surface area contributed by atoms with E-state index in [2.05, 4.69) is 16.4 Å². The molecule has 1 N–H and O–H groups in total. The number of furan rings is 1. The van der Waals surface area contributed by atoms with Gasteiger partial charge in [0.15, 0.2) is 0 Å². The van der Waals surface area contributed by atoms with Crippen LogP contribution in [0, 0.1) is 5.41 Å². The highest BCUT2D eigenvalue weighted by Crippen LogP contribution is 2.35. The maximum atomic E-state index is 12.5. The first-order valence-electron chi connectivity index (χ1n) is 8.46. The summed E-state index contributed by atoms with van der Waals surface area (Å²) in [6.07, 6.45) is 1.71. The summed E-state index contributed by atoms with van der Waals surface area (Å²) in [6.45, 7) is 6.62. The molecule has 4 rings (SSSR count). The van der Waals surface area contributed by atoms with Crippen molar-refractivity contribution in [1.29, 1.82) is 0 Å². The van der Waals surface area contributed by atoms with Crippen molar-refractivity contribution in [3.63, 3.8) is 0 Å². The van der Waals surface area contributed by atoms with Crippen LogP contribution in [-0.2, 0) is 4.79 Å². The van der Waals surface area contributed by atoms with Gasteiger partial charge >= 0.3 is 0 Å². The summed E-state index contributed by atoms with van der Waals surface area (Å²) < 4.78 is 7.73. The smallest absolute Gasteiger partial charge is 0.231 e. The predicted molar refractivity (Wildman–Crippen MR) is 98.1 cm³/mol. The van der Waals surface area contributed by atoms with Crippen molar-refractivity contribution in [2.24, 2.45) is 5.41 Å². The molecule has 5 nitrogen and oxygen atoms in total. The molecule has 0 saturated carbocycles. The van der Waals surface area contributed by atoms with Crippen LogP contribution in [0.4, 0.5) is 0 Å². The minimum Gasteiger partial charge on any atom is -0.464 e. The lowest BCUT2D eigenvalue weighted by molar-refractivity contribution is -0.141. The van der Waals surface area contributed by atoms with Gasteiger partial charge in [0, 0.05) is 36.5 Å². The van der Waals surface area contributed by atoms with Crippen molar-refractivity contribution in [3.8, 4) is 0 Å². The first-order chi connectivity index (χ1) is 12.0. The molecule has 0 unspecified atom stereocenters. The number of hydrogen-bond acceptors (Lipinski definition) is 5. The highest BCUT2D eigenvalue weighted by atomic mass is 32.2. The third kappa shape index (κ3) is 3.10. The molecule has 132 valence electrons. The number of rotatable bonds is 4. The highest BCUT2D eigenvalue weighted by molar-refractivity contribution is 7.97. The minimum absolute atomic E-state index is 0.0361. The fourth-order valence-electron chi connectivity index (χ4n) is 3.40. The number of aliphatic hydroxyl groups excluding tert-OH is 1. The number of nitrogens with zero attached hydrogens (tertiary/aromatic N) is 2. The van der Waals surface area contributed by atoms with Crippen molar-refractivity contribution in [1.82, 2.24) is 9.21 Å². The summed E-state index contributed by atoms with van der Waals surface area (Å²) in [7, 11) is 0. The Labute approximate surface area is 151 Å². The zero-order valence-corrected chi connectivity index (χ0v) is 15.3. The SMILES string of the molecule is CC(C)(CO)C(=O)N1CC2=C(CN(Sc3ccc4occc4c3)C2)C1. The Morgan fingerprint density at radius 2 is 1.92 bits per heavy atom. The highest BCUT2D eigenvalue weighted by Gasteiger charge is 2.38. The molecule has 25 heavy (non-hydrogen) atoms. The lowest BCUT2D eigenvalue weighted by atomic mass is 9.93. The van der Waals surface area contributed by atoms with Gasteiger partial charge < -0.3 is 14.4 Å². The largest absolute Gasteiger partial charge is 0.464 e. The molecule has 6 heteroatoms. The average Bonchev–Trinajstić information content (AvgIpc) is 3.27. The number of carbonyl (C=O) groups is 1. The van der Waals surface area contributed by atoms with E-state index in [1.54, 1.807) is 32.1 Å². The molecule has 1 amide bonds. The van der Waals surface area contributed by atoms with E-state index >= 15 is 0 Å². The van der Waals surface area contributed by atoms with Crippen molar-refractivity contribution in [3.05, 3.63) is 41.7 Å². The normalized spacial score (nSPS) is 18.4. The van der Waals surface area contributed by atoms with E-state index in [0.717, 1.165) is 24.1 Å². The maximum absolute atomic E-state index is 12.5. The lowest BCUT2D eigenvalue weighted by Crippen LogP contribution is -2.43. The monoisotopic (exact) mass is 358 g/mol. The third-order valence-electron chi connectivity index (χ3n) is 4.92. The van der Waals surface area contributed by atoms with Gasteiger partial charge in [0.25, 0.3) is 0 Å². The number of benzene rings is 1. The molecule has 2 aromatic rings. The van der Waals surface area contributed by atoms with Gasteiger partial charge in [-0.1, -0.05) is 0 Å². The van der Waals surface area contributed by atoms with Crippen LogP contribution in [0.5, 0.6) is 0 Å². The van der Waals surface area contributed by atoms with Crippen LogP contribution in [0.15, 0.2) is 51.0 Å². The van der Waals surface area contributed by atoms with Crippen molar-refractivity contribution in [2.75, 3.05) is 32.8 Å². The fourth-order valence-corrected chi connectivity index (χ4v) is 4.45. The van der Waals surface area contributed by atoms with E-state index in [4.69, 9.17) is 4.42 Å². The summed E-state index contributed by atoms with van der Waals surface area (Å²) in [5.74, 6) is 0.0361. The number of fused-ring (bicyclic) bond motifs is 1. The van der Waals surface area contributed by atoms with Crippen molar-refractivity contribution < 1.29 is 14.3 Å². The molecule has 3 heterocycles. The molecular formula is C19H22N2O3S. The Hall–Kier alpha value is -1.76. The second-order valence-electron chi connectivity index (χ2n) is 7.42. The van der Waals surface area contributed by atoms with Crippen molar-refractivity contribution in [2.45, 2.75) is 18.7 Å². The number of hydrogen-bond donors (Lipinski definition) is 1. The molecule has 2 aliphatic rings. The van der Waals surface area contributed by atoms with Gasteiger partial charge in [-0.2, -0.15) is 0 Å². The fraction of sp³-hybridized carbons (Fsp3) is 0.421. The Bertz CT molecular complexity index is 837. The van der Waals surface area contributed by atoms with Gasteiger partial charge in [-0.3, -0.25) is 4.79 Å². The quantitative estimate of drug-likeness (QED) is 0.673. The maximum Gasteiger partial charge on any atom is 0.231 e. The summed E-state index contributed by atoms with van der Waals surface area (Å²) in [5.41, 5.74) is 2.90. The third-order valence-corrected chi connectivity index (χ3v) is 5.90. The van der Waals surface area contributed by atoms with Gasteiger partial charge in [0.2, 0.25) is 5.91 Å². The Kier molecular flexibility index (Phi) is 4.14. The first kappa shape index (κ1) is 16.7. The number of carbonyl (C=O) groups excluding carboxylic acids is 1. The zero-order valence-electron chi connectivity index (χ0n) is 14.5. The molecule has 0 spiro atoms. The molecule has 0 saturated heterocycles. The van der Waals surface area contributed by atoms with Gasteiger partial charge in [-0.15, -0.1) is 0 Å². The van der Waals surface area contributed by atoms with Gasteiger partial charge in [-0.05, 0) is 61.2 Å². The van der Waals surface area contributed by atoms with Crippen LogP contribution in [0.2, 0.25) is 0 Å². The molecule has 2 aliphatic heterocycles. The van der Waals surface area contributed by atoms with Crippen LogP contribution in [-0.4, -0.2) is 53.0 Å². The average molecular weight is 358 g/mol. The van der Waals surface area contributed by atoms with Crippen LogP contribution < -0.4 is 0 Å². The predicted octanol–water partition coefficient (Wildman–Crippen LogP) is 2.91. The van der Waals surface area contributed by atoms with Gasteiger partial charge in [-0.25, -0.2) is 4.31 Å². The minimum atomic E-state index is -0.700. The van der Waals surface area contributed by atoms with Crippen LogP contribution >= 0.6 is 11.9 Å². The van der Waals surface area contributed by atoms with Crippen LogP contribution in [0.1, 0.15) is 13.8 Å². The van der Waals surface area contributed by atoms with Crippen LogP contribution in [0.25, 0.3) is 11.0 Å². The second kappa shape index (κ2) is 6.20. The second-order valence-corrected chi connectivity index (χ2v) is 8.59. The molecule has 1 aromatic carbocycles.